The molecule has 0 saturated heterocycles. The number of thiazole rings is 1. The number of rotatable bonds is 4. The molecular formula is C11H16N6S. The van der Waals surface area contributed by atoms with E-state index in [9.17, 15) is 0 Å². The highest BCUT2D eigenvalue weighted by Crippen LogP contribution is 2.24. The monoisotopic (exact) mass is 264 g/mol. The predicted octanol–water partition coefficient (Wildman–Crippen LogP) is 2.01. The summed E-state index contributed by atoms with van der Waals surface area (Å²) in [5.41, 5.74) is 4.47. The first kappa shape index (κ1) is 12.7. The largest absolute Gasteiger partial charge is 0.361 e. The molecule has 0 aliphatic rings. The Balaban J connectivity index is 2.19. The Morgan fingerprint density at radius 2 is 2.00 bits per heavy atom. The van der Waals surface area contributed by atoms with Crippen LogP contribution in [0, 0.1) is 13.8 Å². The lowest BCUT2D eigenvalue weighted by molar-refractivity contribution is 0.850. The Morgan fingerprint density at radius 1 is 1.28 bits per heavy atom. The van der Waals surface area contributed by atoms with E-state index >= 15 is 0 Å². The maximum Gasteiger partial charge on any atom is 0.148 e. The Morgan fingerprint density at radius 3 is 2.61 bits per heavy atom. The molecule has 0 aromatic carbocycles. The normalized spacial score (nSPS) is 12.2. The van der Waals surface area contributed by atoms with Crippen LogP contribution in [0.25, 0.3) is 0 Å². The van der Waals surface area contributed by atoms with Crippen molar-refractivity contribution >= 4 is 23.0 Å². The minimum atomic E-state index is 0.0999. The Bertz CT molecular complexity index is 538. The van der Waals surface area contributed by atoms with Gasteiger partial charge in [0.25, 0.3) is 0 Å². The molecule has 2 aromatic rings. The number of hydrazine groups is 1. The van der Waals surface area contributed by atoms with Gasteiger partial charge in [-0.25, -0.2) is 20.8 Å². The molecular weight excluding hydrogens is 248 g/mol. The molecule has 0 radical (unpaired) electrons. The Labute approximate surface area is 110 Å². The van der Waals surface area contributed by atoms with Gasteiger partial charge in [0, 0.05) is 16.6 Å². The van der Waals surface area contributed by atoms with Gasteiger partial charge in [0.2, 0.25) is 0 Å². The molecule has 2 aromatic heterocycles. The van der Waals surface area contributed by atoms with E-state index in [1.54, 1.807) is 11.3 Å². The van der Waals surface area contributed by atoms with Crippen molar-refractivity contribution in [2.75, 3.05) is 10.7 Å². The zero-order valence-electron chi connectivity index (χ0n) is 10.6. The van der Waals surface area contributed by atoms with Crippen molar-refractivity contribution in [3.8, 4) is 0 Å². The smallest absolute Gasteiger partial charge is 0.148 e. The van der Waals surface area contributed by atoms with Crippen LogP contribution in [0.3, 0.4) is 0 Å². The minimum Gasteiger partial charge on any atom is -0.361 e. The molecule has 2 heterocycles. The average Bonchev–Trinajstić information content (AvgIpc) is 2.78. The summed E-state index contributed by atoms with van der Waals surface area (Å²) in [6.07, 6.45) is 1.48. The molecule has 18 heavy (non-hydrogen) atoms. The summed E-state index contributed by atoms with van der Waals surface area (Å²) >= 11 is 1.64. The third-order valence-corrected chi connectivity index (χ3v) is 3.73. The average molecular weight is 264 g/mol. The number of nitrogen functional groups attached to an aromatic ring is 1. The third kappa shape index (κ3) is 2.57. The van der Waals surface area contributed by atoms with Gasteiger partial charge in [0.1, 0.15) is 23.0 Å². The molecule has 6 nitrogen and oxygen atoms in total. The molecule has 1 unspecified atom stereocenters. The van der Waals surface area contributed by atoms with E-state index < -0.39 is 0 Å². The maximum absolute atomic E-state index is 5.39. The molecule has 0 spiro atoms. The van der Waals surface area contributed by atoms with Crippen molar-refractivity contribution in [2.45, 2.75) is 26.8 Å². The topological polar surface area (TPSA) is 88.8 Å². The summed E-state index contributed by atoms with van der Waals surface area (Å²) in [6.45, 7) is 5.95. The van der Waals surface area contributed by atoms with Crippen LogP contribution in [-0.2, 0) is 0 Å². The summed E-state index contributed by atoms with van der Waals surface area (Å²) in [5.74, 6) is 6.77. The lowest BCUT2D eigenvalue weighted by Gasteiger charge is -2.15. The highest BCUT2D eigenvalue weighted by atomic mass is 32.1. The van der Waals surface area contributed by atoms with Gasteiger partial charge in [-0.3, -0.25) is 0 Å². The van der Waals surface area contributed by atoms with E-state index in [-0.39, 0.29) is 6.04 Å². The van der Waals surface area contributed by atoms with Crippen LogP contribution in [0.5, 0.6) is 0 Å². The zero-order valence-corrected chi connectivity index (χ0v) is 11.4. The fourth-order valence-corrected chi connectivity index (χ4v) is 2.38. The second kappa shape index (κ2) is 5.28. The molecule has 0 aliphatic heterocycles. The summed E-state index contributed by atoms with van der Waals surface area (Å²) in [7, 11) is 0. The molecule has 0 aliphatic carbocycles. The molecule has 0 fully saturated rings. The van der Waals surface area contributed by atoms with E-state index in [4.69, 9.17) is 5.84 Å². The van der Waals surface area contributed by atoms with Gasteiger partial charge >= 0.3 is 0 Å². The summed E-state index contributed by atoms with van der Waals surface area (Å²) < 4.78 is 0. The van der Waals surface area contributed by atoms with Crippen molar-refractivity contribution in [2.24, 2.45) is 5.84 Å². The van der Waals surface area contributed by atoms with E-state index in [1.165, 1.54) is 6.33 Å². The molecule has 0 amide bonds. The van der Waals surface area contributed by atoms with Gasteiger partial charge in [0.15, 0.2) is 0 Å². The van der Waals surface area contributed by atoms with Crippen molar-refractivity contribution in [3.63, 3.8) is 0 Å². The first-order valence-electron chi connectivity index (χ1n) is 5.58. The Kier molecular flexibility index (Phi) is 3.73. The highest BCUT2D eigenvalue weighted by Gasteiger charge is 2.12. The fraction of sp³-hybridized carbons (Fsp3) is 0.364. The number of nitrogens with one attached hydrogen (secondary N) is 2. The van der Waals surface area contributed by atoms with Crippen molar-refractivity contribution in [1.82, 2.24) is 15.0 Å². The van der Waals surface area contributed by atoms with Crippen LogP contribution in [0.4, 0.5) is 11.6 Å². The van der Waals surface area contributed by atoms with E-state index in [0.717, 1.165) is 22.1 Å². The molecule has 1 atom stereocenters. The predicted molar refractivity (Wildman–Crippen MR) is 73.5 cm³/mol. The second-order valence-electron chi connectivity index (χ2n) is 4.03. The summed E-state index contributed by atoms with van der Waals surface area (Å²) in [5, 5.41) is 6.39. The van der Waals surface area contributed by atoms with Crippen molar-refractivity contribution < 1.29 is 0 Å². The number of aryl methyl sites for hydroxylation is 1. The maximum atomic E-state index is 5.39. The van der Waals surface area contributed by atoms with Crippen LogP contribution >= 0.6 is 11.3 Å². The molecule has 7 heteroatoms. The minimum absolute atomic E-state index is 0.0999. The highest BCUT2D eigenvalue weighted by molar-refractivity contribution is 7.09. The van der Waals surface area contributed by atoms with Crippen molar-refractivity contribution in [1.29, 1.82) is 0 Å². The van der Waals surface area contributed by atoms with Crippen molar-refractivity contribution in [3.05, 3.63) is 28.0 Å². The number of nitrogens with two attached hydrogens (primary N) is 1. The lowest BCUT2D eigenvalue weighted by Crippen LogP contribution is -2.14. The zero-order chi connectivity index (χ0) is 13.1. The van der Waals surface area contributed by atoms with Gasteiger partial charge < -0.3 is 10.7 Å². The van der Waals surface area contributed by atoms with Gasteiger partial charge in [-0.2, -0.15) is 0 Å². The van der Waals surface area contributed by atoms with E-state index in [2.05, 4.69) is 32.6 Å². The first-order valence-corrected chi connectivity index (χ1v) is 6.46. The number of nitrogens with zero attached hydrogens (tertiary/aromatic N) is 3. The third-order valence-electron chi connectivity index (χ3n) is 2.58. The van der Waals surface area contributed by atoms with Gasteiger partial charge in [-0.15, -0.1) is 11.3 Å². The van der Waals surface area contributed by atoms with Crippen LogP contribution in [-0.4, -0.2) is 15.0 Å². The van der Waals surface area contributed by atoms with Crippen LogP contribution in [0.2, 0.25) is 0 Å². The number of hydrogen-bond acceptors (Lipinski definition) is 7. The molecule has 0 saturated carbocycles. The van der Waals surface area contributed by atoms with Crippen LogP contribution < -0.4 is 16.6 Å². The van der Waals surface area contributed by atoms with E-state index in [1.807, 2.05) is 19.2 Å². The molecule has 2 rings (SSSR count). The molecule has 96 valence electrons. The van der Waals surface area contributed by atoms with Gasteiger partial charge in [-0.1, -0.05) is 0 Å². The van der Waals surface area contributed by atoms with Crippen LogP contribution in [0.1, 0.15) is 29.2 Å². The molecule has 0 bridgehead atoms. The standard InChI is InChI=1S/C11H16N6S/c1-6-4-18-11(15-6)8(3)16-9-7(2)10(17-12)14-5-13-9/h4-5,8H,12H2,1-3H3,(H2,13,14,16,17). The summed E-state index contributed by atoms with van der Waals surface area (Å²) in [4.78, 5) is 12.7. The number of aromatic nitrogens is 3. The second-order valence-corrected chi connectivity index (χ2v) is 4.92. The van der Waals surface area contributed by atoms with E-state index in [0.29, 0.717) is 5.82 Å². The lowest BCUT2D eigenvalue weighted by atomic mass is 10.3. The number of hydrogen-bond donors (Lipinski definition) is 3. The fourth-order valence-electron chi connectivity index (χ4n) is 1.58. The van der Waals surface area contributed by atoms with Gasteiger partial charge in [0.05, 0.1) is 6.04 Å². The Hall–Kier alpha value is -1.73. The quantitative estimate of drug-likeness (QED) is 0.578. The molecule has 4 N–H and O–H groups in total. The van der Waals surface area contributed by atoms with Gasteiger partial charge in [-0.05, 0) is 20.8 Å². The first-order chi connectivity index (χ1) is 8.61. The summed E-state index contributed by atoms with van der Waals surface area (Å²) in [6, 6.07) is 0.0999. The van der Waals surface area contributed by atoms with Crippen LogP contribution in [0.15, 0.2) is 11.7 Å². The SMILES string of the molecule is Cc1csc(C(C)Nc2ncnc(NN)c2C)n1. The number of anilines is 2.